The number of piperidine rings is 1. The molecule has 1 aliphatic heterocycles. The first-order chi connectivity index (χ1) is 9.13. The van der Waals surface area contributed by atoms with Crippen molar-refractivity contribution in [3.05, 3.63) is 22.4 Å². The number of rotatable bonds is 5. The molecule has 0 bridgehead atoms. The lowest BCUT2D eigenvalue weighted by Crippen LogP contribution is -2.56. The molecule has 1 aromatic heterocycles. The van der Waals surface area contributed by atoms with Crippen LogP contribution in [0.4, 0.5) is 0 Å². The fraction of sp³-hybridized carbons (Fsp3) is 0.750. The van der Waals surface area contributed by atoms with Crippen molar-refractivity contribution in [3.63, 3.8) is 0 Å². The molecule has 2 rings (SSSR count). The smallest absolute Gasteiger partial charge is 0.0120 e. The fourth-order valence-electron chi connectivity index (χ4n) is 3.43. The first-order valence-corrected chi connectivity index (χ1v) is 8.58. The standard InChI is InChI=1S/C16H28N2S/c1-5-17-16-6-8-18(14(4)13(16)3)12(2)10-15-7-9-19-11-15/h7,9,11-14,16-17H,5-6,8,10H2,1-4H3. The van der Waals surface area contributed by atoms with E-state index in [-0.39, 0.29) is 0 Å². The molecule has 0 aromatic carbocycles. The van der Waals surface area contributed by atoms with Crippen LogP contribution in [0, 0.1) is 5.92 Å². The highest BCUT2D eigenvalue weighted by Gasteiger charge is 2.33. The molecule has 1 N–H and O–H groups in total. The Kier molecular flexibility index (Phi) is 5.43. The summed E-state index contributed by atoms with van der Waals surface area (Å²) in [6.07, 6.45) is 2.47. The van der Waals surface area contributed by atoms with Gasteiger partial charge in [-0.05, 0) is 61.5 Å². The topological polar surface area (TPSA) is 15.3 Å². The summed E-state index contributed by atoms with van der Waals surface area (Å²) in [5.74, 6) is 0.735. The Labute approximate surface area is 122 Å². The van der Waals surface area contributed by atoms with Gasteiger partial charge in [-0.25, -0.2) is 0 Å². The second-order valence-electron chi connectivity index (χ2n) is 5.98. The molecule has 2 heterocycles. The van der Waals surface area contributed by atoms with Gasteiger partial charge in [-0.3, -0.25) is 4.90 Å². The summed E-state index contributed by atoms with van der Waals surface area (Å²) in [5.41, 5.74) is 1.49. The molecular formula is C16H28N2S. The van der Waals surface area contributed by atoms with Gasteiger partial charge in [-0.1, -0.05) is 13.8 Å². The van der Waals surface area contributed by atoms with Gasteiger partial charge in [0.2, 0.25) is 0 Å². The number of likely N-dealkylation sites (tertiary alicyclic amines) is 1. The van der Waals surface area contributed by atoms with Gasteiger partial charge < -0.3 is 5.32 Å². The minimum Gasteiger partial charge on any atom is -0.314 e. The monoisotopic (exact) mass is 280 g/mol. The van der Waals surface area contributed by atoms with Gasteiger partial charge in [-0.2, -0.15) is 11.3 Å². The predicted octanol–water partition coefficient (Wildman–Crippen LogP) is 3.39. The van der Waals surface area contributed by atoms with E-state index >= 15 is 0 Å². The molecule has 1 fully saturated rings. The van der Waals surface area contributed by atoms with Crippen molar-refractivity contribution >= 4 is 11.3 Å². The third-order valence-corrected chi connectivity index (χ3v) is 5.49. The minimum atomic E-state index is 0.648. The van der Waals surface area contributed by atoms with Crippen LogP contribution >= 0.6 is 11.3 Å². The van der Waals surface area contributed by atoms with Crippen molar-refractivity contribution in [2.75, 3.05) is 13.1 Å². The molecule has 0 radical (unpaired) electrons. The summed E-state index contributed by atoms with van der Waals surface area (Å²) in [5, 5.41) is 8.12. The number of hydrogen-bond donors (Lipinski definition) is 1. The average Bonchev–Trinajstić information content (AvgIpc) is 2.88. The van der Waals surface area contributed by atoms with Gasteiger partial charge in [0.25, 0.3) is 0 Å². The Balaban J connectivity index is 1.94. The summed E-state index contributed by atoms with van der Waals surface area (Å²) in [7, 11) is 0. The molecule has 0 saturated carbocycles. The second kappa shape index (κ2) is 6.87. The van der Waals surface area contributed by atoms with E-state index in [1.165, 1.54) is 24.9 Å². The van der Waals surface area contributed by atoms with Crippen LogP contribution in [0.15, 0.2) is 16.8 Å². The zero-order chi connectivity index (χ0) is 13.8. The number of thiophene rings is 1. The van der Waals surface area contributed by atoms with Crippen molar-refractivity contribution in [1.82, 2.24) is 10.2 Å². The first-order valence-electron chi connectivity index (χ1n) is 7.63. The summed E-state index contributed by atoms with van der Waals surface area (Å²) in [6, 6.07) is 4.28. The zero-order valence-corrected chi connectivity index (χ0v) is 13.5. The molecule has 0 amide bonds. The lowest BCUT2D eigenvalue weighted by atomic mass is 9.85. The van der Waals surface area contributed by atoms with Gasteiger partial charge in [0.15, 0.2) is 0 Å². The maximum Gasteiger partial charge on any atom is 0.0120 e. The van der Waals surface area contributed by atoms with Crippen LogP contribution in [0.3, 0.4) is 0 Å². The van der Waals surface area contributed by atoms with Crippen LogP contribution in [0.5, 0.6) is 0 Å². The van der Waals surface area contributed by atoms with E-state index in [0.717, 1.165) is 12.5 Å². The van der Waals surface area contributed by atoms with E-state index in [1.54, 1.807) is 0 Å². The highest BCUT2D eigenvalue weighted by atomic mass is 32.1. The van der Waals surface area contributed by atoms with Gasteiger partial charge in [-0.15, -0.1) is 0 Å². The highest BCUT2D eigenvalue weighted by Crippen LogP contribution is 2.26. The lowest BCUT2D eigenvalue weighted by molar-refractivity contribution is 0.0534. The van der Waals surface area contributed by atoms with E-state index in [0.29, 0.717) is 18.1 Å². The number of nitrogens with zero attached hydrogens (tertiary/aromatic N) is 1. The maximum atomic E-state index is 3.64. The third-order valence-electron chi connectivity index (χ3n) is 4.76. The Morgan fingerprint density at radius 1 is 1.47 bits per heavy atom. The van der Waals surface area contributed by atoms with Gasteiger partial charge >= 0.3 is 0 Å². The van der Waals surface area contributed by atoms with Crippen molar-refractivity contribution in [2.24, 2.45) is 5.92 Å². The van der Waals surface area contributed by atoms with Crippen LogP contribution in [-0.4, -0.2) is 36.1 Å². The minimum absolute atomic E-state index is 0.648. The Hall–Kier alpha value is -0.380. The normalized spacial score (nSPS) is 30.4. The molecule has 1 aromatic rings. The largest absolute Gasteiger partial charge is 0.314 e. The van der Waals surface area contributed by atoms with Crippen LogP contribution in [-0.2, 0) is 6.42 Å². The maximum absolute atomic E-state index is 3.64. The van der Waals surface area contributed by atoms with Crippen LogP contribution in [0.1, 0.15) is 39.7 Å². The van der Waals surface area contributed by atoms with E-state index in [1.807, 2.05) is 11.3 Å². The number of hydrogen-bond acceptors (Lipinski definition) is 3. The SMILES string of the molecule is CCNC1CCN(C(C)Cc2ccsc2)C(C)C1C. The van der Waals surface area contributed by atoms with Crippen LogP contribution in [0.2, 0.25) is 0 Å². The van der Waals surface area contributed by atoms with Gasteiger partial charge in [0.1, 0.15) is 0 Å². The van der Waals surface area contributed by atoms with Crippen molar-refractivity contribution in [3.8, 4) is 0 Å². The third kappa shape index (κ3) is 3.59. The van der Waals surface area contributed by atoms with E-state index in [4.69, 9.17) is 0 Å². The van der Waals surface area contributed by atoms with E-state index in [9.17, 15) is 0 Å². The van der Waals surface area contributed by atoms with Gasteiger partial charge in [0.05, 0.1) is 0 Å². The summed E-state index contributed by atoms with van der Waals surface area (Å²) in [6.45, 7) is 11.7. The molecule has 0 spiro atoms. The fourth-order valence-corrected chi connectivity index (χ4v) is 4.11. The Morgan fingerprint density at radius 3 is 2.89 bits per heavy atom. The van der Waals surface area contributed by atoms with E-state index < -0.39 is 0 Å². The molecule has 108 valence electrons. The Bertz CT molecular complexity index is 363. The molecule has 19 heavy (non-hydrogen) atoms. The average molecular weight is 280 g/mol. The molecule has 2 nitrogen and oxygen atoms in total. The molecule has 4 unspecified atom stereocenters. The highest BCUT2D eigenvalue weighted by molar-refractivity contribution is 7.07. The molecule has 1 saturated heterocycles. The van der Waals surface area contributed by atoms with Crippen molar-refractivity contribution in [1.29, 1.82) is 0 Å². The van der Waals surface area contributed by atoms with Crippen molar-refractivity contribution in [2.45, 2.75) is 58.7 Å². The van der Waals surface area contributed by atoms with Gasteiger partial charge in [0, 0.05) is 24.7 Å². The number of nitrogens with one attached hydrogen (secondary N) is 1. The van der Waals surface area contributed by atoms with Crippen molar-refractivity contribution < 1.29 is 0 Å². The lowest BCUT2D eigenvalue weighted by Gasteiger charge is -2.46. The molecule has 4 atom stereocenters. The summed E-state index contributed by atoms with van der Waals surface area (Å²) < 4.78 is 0. The van der Waals surface area contributed by atoms with Crippen LogP contribution in [0.25, 0.3) is 0 Å². The molecular weight excluding hydrogens is 252 g/mol. The molecule has 1 aliphatic rings. The quantitative estimate of drug-likeness (QED) is 0.889. The summed E-state index contributed by atoms with van der Waals surface area (Å²) in [4.78, 5) is 2.70. The second-order valence-corrected chi connectivity index (χ2v) is 6.76. The van der Waals surface area contributed by atoms with Crippen LogP contribution < -0.4 is 5.32 Å². The molecule has 3 heteroatoms. The van der Waals surface area contributed by atoms with E-state index in [2.05, 4.69) is 54.7 Å². The Morgan fingerprint density at radius 2 is 2.26 bits per heavy atom. The first kappa shape index (κ1) is 15.0. The predicted molar refractivity (Wildman–Crippen MR) is 84.9 cm³/mol. The molecule has 0 aliphatic carbocycles. The zero-order valence-electron chi connectivity index (χ0n) is 12.7. The summed E-state index contributed by atoms with van der Waals surface area (Å²) >= 11 is 1.81.